The number of anilines is 1. The van der Waals surface area contributed by atoms with E-state index < -0.39 is 17.5 Å². The van der Waals surface area contributed by atoms with Gasteiger partial charge in [-0.3, -0.25) is 4.79 Å². The van der Waals surface area contributed by atoms with Crippen molar-refractivity contribution in [1.82, 2.24) is 4.90 Å². The summed E-state index contributed by atoms with van der Waals surface area (Å²) in [4.78, 5) is 13.8. The second-order valence-corrected chi connectivity index (χ2v) is 6.48. The van der Waals surface area contributed by atoms with Crippen LogP contribution in [0.4, 0.5) is 14.5 Å². The zero-order valence-corrected chi connectivity index (χ0v) is 12.1. The molecule has 0 radical (unpaired) electrons. The predicted molar refractivity (Wildman–Crippen MR) is 76.7 cm³/mol. The smallest absolute Gasteiger partial charge is 0.256 e. The Hall–Kier alpha value is -1.65. The normalized spacial score (nSPS) is 27.1. The van der Waals surface area contributed by atoms with Gasteiger partial charge in [-0.1, -0.05) is 6.42 Å². The molecule has 3 nitrogen and oxygen atoms in total. The fraction of sp³-hybridized carbons (Fsp3) is 0.562. The molecule has 0 spiro atoms. The number of carbonyl (C=O) groups excluding carboxylic acids is 1. The molecular formula is C16H20F2N2O. The average molecular weight is 294 g/mol. The fourth-order valence-electron chi connectivity index (χ4n) is 4.01. The van der Waals surface area contributed by atoms with Crippen molar-refractivity contribution in [2.75, 3.05) is 19.3 Å². The lowest BCUT2D eigenvalue weighted by Crippen LogP contribution is -2.34. The van der Waals surface area contributed by atoms with Gasteiger partial charge < -0.3 is 10.6 Å². The van der Waals surface area contributed by atoms with Gasteiger partial charge in [0.25, 0.3) is 5.91 Å². The van der Waals surface area contributed by atoms with E-state index in [9.17, 15) is 13.6 Å². The van der Waals surface area contributed by atoms with Crippen molar-refractivity contribution in [1.29, 1.82) is 0 Å². The summed E-state index contributed by atoms with van der Waals surface area (Å²) in [6.07, 6.45) is 4.94. The van der Waals surface area contributed by atoms with Gasteiger partial charge in [-0.15, -0.1) is 0 Å². The van der Waals surface area contributed by atoms with Crippen molar-refractivity contribution in [3.63, 3.8) is 0 Å². The molecule has 2 bridgehead atoms. The van der Waals surface area contributed by atoms with Crippen molar-refractivity contribution < 1.29 is 13.6 Å². The molecule has 0 aromatic heterocycles. The number of amides is 1. The molecule has 1 amide bonds. The Kier molecular flexibility index (Phi) is 3.59. The highest BCUT2D eigenvalue weighted by Crippen LogP contribution is 2.48. The predicted octanol–water partition coefficient (Wildman–Crippen LogP) is 3.06. The number of hydrogen-bond acceptors (Lipinski definition) is 2. The Bertz CT molecular complexity index is 576. The molecular weight excluding hydrogens is 274 g/mol. The maximum Gasteiger partial charge on any atom is 0.256 e. The molecule has 2 aliphatic rings. The number of hydrogen-bond donors (Lipinski definition) is 1. The standard InChI is InChI=1S/C16H20F2N2O/c1-20(8-11-5-9-2-3-10(11)4-9)16(21)13-6-12(17)7-14(19)15(13)18/h6-7,9-11H,2-5,8,19H2,1H3. The van der Waals surface area contributed by atoms with Crippen LogP contribution in [0.2, 0.25) is 0 Å². The molecule has 0 aliphatic heterocycles. The van der Waals surface area contributed by atoms with Crippen molar-refractivity contribution in [3.05, 3.63) is 29.3 Å². The van der Waals surface area contributed by atoms with Crippen LogP contribution < -0.4 is 5.73 Å². The van der Waals surface area contributed by atoms with Crippen LogP contribution in [0.25, 0.3) is 0 Å². The van der Waals surface area contributed by atoms with E-state index >= 15 is 0 Å². The summed E-state index contributed by atoms with van der Waals surface area (Å²) in [5.74, 6) is -0.0439. The second-order valence-electron chi connectivity index (χ2n) is 6.48. The topological polar surface area (TPSA) is 46.3 Å². The molecule has 21 heavy (non-hydrogen) atoms. The molecule has 2 N–H and O–H groups in total. The van der Waals surface area contributed by atoms with E-state index in [1.54, 1.807) is 7.05 Å². The van der Waals surface area contributed by atoms with E-state index in [2.05, 4.69) is 0 Å². The maximum absolute atomic E-state index is 13.9. The summed E-state index contributed by atoms with van der Waals surface area (Å²) >= 11 is 0. The lowest BCUT2D eigenvalue weighted by Gasteiger charge is -2.27. The van der Waals surface area contributed by atoms with Crippen molar-refractivity contribution in [3.8, 4) is 0 Å². The molecule has 3 rings (SSSR count). The number of rotatable bonds is 3. The molecule has 114 valence electrons. The Labute approximate surface area is 123 Å². The van der Waals surface area contributed by atoms with Crippen LogP contribution in [-0.2, 0) is 0 Å². The first-order valence-corrected chi connectivity index (χ1v) is 7.45. The van der Waals surface area contributed by atoms with Gasteiger partial charge in [-0.25, -0.2) is 8.78 Å². The van der Waals surface area contributed by atoms with Gasteiger partial charge in [-0.05, 0) is 49.1 Å². The third-order valence-electron chi connectivity index (χ3n) is 5.04. The van der Waals surface area contributed by atoms with Crippen LogP contribution in [0.15, 0.2) is 12.1 Å². The molecule has 5 heteroatoms. The number of nitrogens with zero attached hydrogens (tertiary/aromatic N) is 1. The summed E-state index contributed by atoms with van der Waals surface area (Å²) in [7, 11) is 1.65. The van der Waals surface area contributed by atoms with Crippen LogP contribution in [0.3, 0.4) is 0 Å². The maximum atomic E-state index is 13.9. The Morgan fingerprint density at radius 3 is 2.71 bits per heavy atom. The zero-order valence-electron chi connectivity index (χ0n) is 12.1. The van der Waals surface area contributed by atoms with Gasteiger partial charge in [0.15, 0.2) is 5.82 Å². The molecule has 1 aromatic carbocycles. The molecule has 0 heterocycles. The molecule has 2 saturated carbocycles. The minimum absolute atomic E-state index is 0.279. The highest BCUT2D eigenvalue weighted by atomic mass is 19.1. The lowest BCUT2D eigenvalue weighted by molar-refractivity contribution is 0.0749. The number of halogens is 2. The SMILES string of the molecule is CN(CC1CC2CCC1C2)C(=O)c1cc(F)cc(N)c1F. The third kappa shape index (κ3) is 2.61. The summed E-state index contributed by atoms with van der Waals surface area (Å²) in [6, 6.07) is 1.81. The molecule has 2 aliphatic carbocycles. The zero-order chi connectivity index (χ0) is 15.1. The van der Waals surface area contributed by atoms with Crippen LogP contribution in [0.1, 0.15) is 36.0 Å². The number of nitrogens with two attached hydrogens (primary N) is 1. The van der Waals surface area contributed by atoms with Crippen LogP contribution >= 0.6 is 0 Å². The first-order valence-electron chi connectivity index (χ1n) is 7.45. The molecule has 3 atom stereocenters. The summed E-state index contributed by atoms with van der Waals surface area (Å²) in [5, 5.41) is 0. The van der Waals surface area contributed by atoms with E-state index in [4.69, 9.17) is 5.73 Å². The summed E-state index contributed by atoms with van der Waals surface area (Å²) in [5.41, 5.74) is 4.78. The van der Waals surface area contributed by atoms with Crippen LogP contribution in [0.5, 0.6) is 0 Å². The van der Waals surface area contributed by atoms with E-state index in [0.717, 1.165) is 24.5 Å². The van der Waals surface area contributed by atoms with Gasteiger partial charge >= 0.3 is 0 Å². The van der Waals surface area contributed by atoms with Gasteiger partial charge in [0.1, 0.15) is 5.82 Å². The third-order valence-corrected chi connectivity index (χ3v) is 5.04. The van der Waals surface area contributed by atoms with Gasteiger partial charge in [0.05, 0.1) is 11.3 Å². The molecule has 1 aromatic rings. The Balaban J connectivity index is 1.73. The quantitative estimate of drug-likeness (QED) is 0.871. The van der Waals surface area contributed by atoms with Crippen molar-refractivity contribution >= 4 is 11.6 Å². The average Bonchev–Trinajstić information content (AvgIpc) is 3.04. The second kappa shape index (κ2) is 5.28. The monoisotopic (exact) mass is 294 g/mol. The first kappa shape index (κ1) is 14.3. The molecule has 2 fully saturated rings. The first-order chi connectivity index (χ1) is 9.95. The highest BCUT2D eigenvalue weighted by Gasteiger charge is 2.40. The summed E-state index contributed by atoms with van der Waals surface area (Å²) in [6.45, 7) is 0.607. The Morgan fingerprint density at radius 1 is 1.33 bits per heavy atom. The van der Waals surface area contributed by atoms with Gasteiger partial charge in [0, 0.05) is 13.6 Å². The molecule has 0 saturated heterocycles. The van der Waals surface area contributed by atoms with E-state index in [-0.39, 0.29) is 11.3 Å². The Morgan fingerprint density at radius 2 is 2.10 bits per heavy atom. The van der Waals surface area contributed by atoms with Crippen molar-refractivity contribution in [2.45, 2.75) is 25.7 Å². The van der Waals surface area contributed by atoms with E-state index in [1.165, 1.54) is 24.2 Å². The highest BCUT2D eigenvalue weighted by molar-refractivity contribution is 5.95. The number of benzene rings is 1. The van der Waals surface area contributed by atoms with Gasteiger partial charge in [0.2, 0.25) is 0 Å². The number of nitrogen functional groups attached to an aromatic ring is 1. The summed E-state index contributed by atoms with van der Waals surface area (Å²) < 4.78 is 27.3. The van der Waals surface area contributed by atoms with Crippen molar-refractivity contribution in [2.24, 2.45) is 17.8 Å². The van der Waals surface area contributed by atoms with E-state index in [0.29, 0.717) is 18.4 Å². The minimum atomic E-state index is -0.832. The van der Waals surface area contributed by atoms with E-state index in [1.807, 2.05) is 0 Å². The number of fused-ring (bicyclic) bond motifs is 2. The lowest BCUT2D eigenvalue weighted by atomic mass is 9.88. The molecule has 3 unspecified atom stereocenters. The number of carbonyl (C=O) groups is 1. The van der Waals surface area contributed by atoms with Crippen LogP contribution in [0, 0.1) is 29.4 Å². The van der Waals surface area contributed by atoms with Gasteiger partial charge in [-0.2, -0.15) is 0 Å². The largest absolute Gasteiger partial charge is 0.396 e. The van der Waals surface area contributed by atoms with Crippen LogP contribution in [-0.4, -0.2) is 24.4 Å². The minimum Gasteiger partial charge on any atom is -0.396 e. The fourth-order valence-corrected chi connectivity index (χ4v) is 4.01.